The number of pyridine rings is 2. The summed E-state index contributed by atoms with van der Waals surface area (Å²) in [7, 11) is -8.00. The van der Waals surface area contributed by atoms with Crippen molar-refractivity contribution in [2.45, 2.75) is 101 Å². The van der Waals surface area contributed by atoms with Gasteiger partial charge in [-0.15, -0.1) is 0 Å². The van der Waals surface area contributed by atoms with E-state index in [1.54, 1.807) is 24.3 Å². The number of hydrogen-bond acceptors (Lipinski definition) is 20. The Kier molecular flexibility index (Phi) is 19.8. The Labute approximate surface area is 472 Å². The number of rotatable bonds is 16. The SMILES string of the molecule is CCCc1cnc(N2CCC(C(C)Oc3nc4ccc(-c5ccc(S(C)(=O)=O)cc5)nc4s3)CC2)nc1.CCCc1cnc(N2CCC(C(C)Oc3nc4ccc(Br)nc4s3)CC2)nc1.CS(=O)(=O)c1ccc(B(O)O)cc1. The Bertz CT molecular complexity index is 3450. The molecule has 0 saturated carbocycles. The van der Waals surface area contributed by atoms with Crippen LogP contribution >= 0.6 is 38.6 Å². The summed E-state index contributed by atoms with van der Waals surface area (Å²) in [6.07, 6.45) is 18.7. The van der Waals surface area contributed by atoms with Crippen molar-refractivity contribution < 1.29 is 36.4 Å². The Morgan fingerprint density at radius 2 is 1.01 bits per heavy atom. The topological polar surface area (TPSA) is 237 Å². The highest BCUT2D eigenvalue weighted by molar-refractivity contribution is 9.10. The molecule has 2 fully saturated rings. The summed E-state index contributed by atoms with van der Waals surface area (Å²) in [6.45, 7) is 12.3. The quantitative estimate of drug-likeness (QED) is 0.0679. The molecule has 24 heteroatoms. The van der Waals surface area contributed by atoms with Gasteiger partial charge in [-0.05, 0) is 145 Å². The molecule has 0 aliphatic carbocycles. The van der Waals surface area contributed by atoms with E-state index in [1.807, 2.05) is 49.1 Å². The van der Waals surface area contributed by atoms with Gasteiger partial charge in [-0.3, -0.25) is 0 Å². The minimum Gasteiger partial charge on any atom is -0.467 e. The lowest BCUT2D eigenvalue weighted by molar-refractivity contribution is 0.132. The van der Waals surface area contributed by atoms with Crippen LogP contribution in [0.15, 0.2) is 112 Å². The maximum Gasteiger partial charge on any atom is 0.488 e. The third-order valence-corrected chi connectivity index (χ3v) is 18.0. The zero-order valence-corrected chi connectivity index (χ0v) is 49.3. The van der Waals surface area contributed by atoms with E-state index in [2.05, 4.69) is 88.3 Å². The highest BCUT2D eigenvalue weighted by Gasteiger charge is 2.29. The van der Waals surface area contributed by atoms with Crippen LogP contribution in [0.2, 0.25) is 0 Å². The number of aromatic nitrogens is 8. The van der Waals surface area contributed by atoms with E-state index in [0.717, 1.165) is 132 Å². The number of nitrogens with zero attached hydrogens (tertiary/aromatic N) is 10. The highest BCUT2D eigenvalue weighted by Crippen LogP contribution is 2.34. The van der Waals surface area contributed by atoms with Gasteiger partial charge in [-0.25, -0.2) is 56.7 Å². The van der Waals surface area contributed by atoms with Gasteiger partial charge in [0.2, 0.25) is 11.9 Å². The number of anilines is 2. The lowest BCUT2D eigenvalue weighted by atomic mass is 9.81. The van der Waals surface area contributed by atoms with Crippen LogP contribution < -0.4 is 24.7 Å². The van der Waals surface area contributed by atoms with E-state index in [1.165, 1.54) is 64.3 Å². The first-order chi connectivity index (χ1) is 37.3. The Morgan fingerprint density at radius 1 is 0.603 bits per heavy atom. The fraction of sp³-hybridized carbons (Fsp3) is 0.407. The van der Waals surface area contributed by atoms with Gasteiger partial charge in [0.15, 0.2) is 19.7 Å². The largest absolute Gasteiger partial charge is 0.488 e. The molecule has 0 amide bonds. The zero-order valence-electron chi connectivity index (χ0n) is 44.4. The van der Waals surface area contributed by atoms with Crippen LogP contribution in [-0.4, -0.2) is 125 Å². The highest BCUT2D eigenvalue weighted by atomic mass is 79.9. The average molecular weight is 1200 g/mol. The van der Waals surface area contributed by atoms with Crippen molar-refractivity contribution in [1.29, 1.82) is 0 Å². The number of halogens is 1. The first kappa shape index (κ1) is 58.4. The number of aryl methyl sites for hydroxylation is 2. The van der Waals surface area contributed by atoms with Crippen molar-refractivity contribution in [2.75, 3.05) is 48.5 Å². The molecule has 2 saturated heterocycles. The summed E-state index contributed by atoms with van der Waals surface area (Å²) < 4.78 is 58.7. The first-order valence-electron chi connectivity index (χ1n) is 26.0. The van der Waals surface area contributed by atoms with Crippen LogP contribution in [0, 0.1) is 11.8 Å². The standard InChI is InChI=1S/C27H31N5O3S2.C20H24BrN5OS.C7H9BO4S/c1-4-5-19-16-28-26(29-17-19)32-14-12-20(13-15-32)18(2)35-27-31-24-11-10-23(30-25(24)36-27)21-6-8-22(9-7-21)37(3,33)34;1-3-4-14-11-22-19(23-12-14)26-9-7-15(8-10-26)13(2)27-20-24-16-5-6-17(21)25-18(16)28-20;1-13(11,12)7-4-2-6(3-5-7)8(9)10/h6-11,16-18,20H,4-5,12-15H2,1-3H3;5-6,11-13,15H,3-4,7-10H2,1-2H3;2-5,9-10H,1H3. The van der Waals surface area contributed by atoms with Crippen LogP contribution in [0.5, 0.6) is 10.4 Å². The number of piperidine rings is 2. The molecule has 6 aromatic heterocycles. The van der Waals surface area contributed by atoms with Gasteiger partial charge >= 0.3 is 7.12 Å². The summed E-state index contributed by atoms with van der Waals surface area (Å²) in [4.78, 5) is 43.3. The van der Waals surface area contributed by atoms with Gasteiger partial charge in [-0.1, -0.05) is 73.6 Å². The molecule has 2 N–H and O–H groups in total. The predicted molar refractivity (Wildman–Crippen MR) is 313 cm³/mol. The number of thiazole rings is 2. The summed E-state index contributed by atoms with van der Waals surface area (Å²) in [5.74, 6) is 2.59. The van der Waals surface area contributed by atoms with Gasteiger partial charge in [0, 0.05) is 69.0 Å². The lowest BCUT2D eigenvalue weighted by Gasteiger charge is -2.34. The predicted octanol–water partition coefficient (Wildman–Crippen LogP) is 8.84. The summed E-state index contributed by atoms with van der Waals surface area (Å²) in [5.41, 5.74) is 5.97. The van der Waals surface area contributed by atoms with Gasteiger partial charge < -0.3 is 29.3 Å². The second-order valence-electron chi connectivity index (χ2n) is 19.5. The minimum atomic E-state index is -3.23. The lowest BCUT2D eigenvalue weighted by Crippen LogP contribution is -2.39. The average Bonchev–Trinajstić information content (AvgIpc) is 4.04. The Balaban J connectivity index is 0.000000172. The molecule has 2 unspecified atom stereocenters. The van der Waals surface area contributed by atoms with Crippen molar-refractivity contribution in [3.05, 3.63) is 113 Å². The number of sulfone groups is 2. The van der Waals surface area contributed by atoms with Gasteiger partial charge in [0.1, 0.15) is 37.5 Å². The number of hydrogen-bond donors (Lipinski definition) is 2. The summed E-state index contributed by atoms with van der Waals surface area (Å²) in [5, 5.41) is 18.8. The minimum absolute atomic E-state index is 0.0403. The smallest absolute Gasteiger partial charge is 0.467 e. The molecular formula is C54H64BBrN10O8S4. The Morgan fingerprint density at radius 3 is 1.42 bits per heavy atom. The van der Waals surface area contributed by atoms with E-state index < -0.39 is 26.8 Å². The third-order valence-electron chi connectivity index (χ3n) is 13.6. The van der Waals surface area contributed by atoms with Crippen molar-refractivity contribution in [1.82, 2.24) is 39.9 Å². The molecule has 0 spiro atoms. The van der Waals surface area contributed by atoms with E-state index in [-0.39, 0.29) is 22.6 Å². The normalized spacial score (nSPS) is 15.2. The molecular weight excluding hydrogens is 1140 g/mol. The van der Waals surface area contributed by atoms with Crippen molar-refractivity contribution in [3.8, 4) is 21.6 Å². The molecule has 2 aromatic carbocycles. The first-order valence-corrected chi connectivity index (χ1v) is 32.2. The summed E-state index contributed by atoms with van der Waals surface area (Å²) >= 11 is 6.34. The molecule has 412 valence electrons. The molecule has 8 heterocycles. The molecule has 8 aromatic rings. The van der Waals surface area contributed by atoms with E-state index in [0.29, 0.717) is 27.1 Å². The fourth-order valence-electron chi connectivity index (χ4n) is 9.10. The maximum atomic E-state index is 11.7. The van der Waals surface area contributed by atoms with Crippen LogP contribution in [0.3, 0.4) is 0 Å². The molecule has 18 nitrogen and oxygen atoms in total. The molecule has 10 rings (SSSR count). The van der Waals surface area contributed by atoms with Crippen LogP contribution in [0.4, 0.5) is 11.9 Å². The van der Waals surface area contributed by atoms with Crippen molar-refractivity contribution in [2.24, 2.45) is 11.8 Å². The second kappa shape index (κ2) is 26.5. The molecule has 78 heavy (non-hydrogen) atoms. The van der Waals surface area contributed by atoms with Gasteiger partial charge in [0.05, 0.1) is 15.5 Å². The zero-order chi connectivity index (χ0) is 55.6. The molecule has 0 bridgehead atoms. The van der Waals surface area contributed by atoms with E-state index >= 15 is 0 Å². The van der Waals surface area contributed by atoms with Gasteiger partial charge in [0.25, 0.3) is 10.4 Å². The second-order valence-corrected chi connectivity index (χ2v) is 26.3. The molecule has 2 aliphatic rings. The van der Waals surface area contributed by atoms with Crippen LogP contribution in [0.25, 0.3) is 32.0 Å². The Hall–Kier alpha value is -5.76. The van der Waals surface area contributed by atoms with Crippen LogP contribution in [0.1, 0.15) is 77.3 Å². The molecule has 0 radical (unpaired) electrons. The number of benzene rings is 2. The third kappa shape index (κ3) is 15.7. The monoisotopic (exact) mass is 1200 g/mol. The fourth-order valence-corrected chi connectivity index (χ4v) is 12.5. The molecule has 2 aliphatic heterocycles. The van der Waals surface area contributed by atoms with Crippen molar-refractivity contribution in [3.63, 3.8) is 0 Å². The van der Waals surface area contributed by atoms with Crippen molar-refractivity contribution >= 4 is 103 Å². The van der Waals surface area contributed by atoms with E-state index in [9.17, 15) is 16.8 Å². The van der Waals surface area contributed by atoms with E-state index in [4.69, 9.17) is 24.5 Å². The van der Waals surface area contributed by atoms with Crippen LogP contribution in [-0.2, 0) is 32.5 Å². The molecule has 2 atom stereocenters. The van der Waals surface area contributed by atoms with Gasteiger partial charge in [-0.2, -0.15) is 0 Å². The number of ether oxygens (including phenoxy) is 2. The maximum absolute atomic E-state index is 11.7. The summed E-state index contributed by atoms with van der Waals surface area (Å²) in [6, 6.07) is 19.9. The number of fused-ring (bicyclic) bond motifs is 2.